The topological polar surface area (TPSA) is 88.0 Å². The predicted octanol–water partition coefficient (Wildman–Crippen LogP) is 6.79. The van der Waals surface area contributed by atoms with E-state index in [0.717, 1.165) is 27.6 Å². The summed E-state index contributed by atoms with van der Waals surface area (Å²) in [6.07, 6.45) is 5.15. The Hall–Kier alpha value is -3.91. The molecule has 0 amide bonds. The highest BCUT2D eigenvalue weighted by Crippen LogP contribution is 2.32. The van der Waals surface area contributed by atoms with Gasteiger partial charge in [-0.25, -0.2) is 4.79 Å². The first-order chi connectivity index (χ1) is 17.6. The Morgan fingerprint density at radius 1 is 1.08 bits per heavy atom. The maximum Gasteiger partial charge on any atom is 0.341 e. The Labute approximate surface area is 219 Å². The molecule has 9 heteroatoms. The van der Waals surface area contributed by atoms with Crippen LogP contribution in [-0.2, 0) is 11.3 Å². The van der Waals surface area contributed by atoms with E-state index in [0.29, 0.717) is 34.9 Å². The first-order valence-electron chi connectivity index (χ1n) is 12.1. The fourth-order valence-electron chi connectivity index (χ4n) is 4.07. The summed E-state index contributed by atoms with van der Waals surface area (Å²) in [6.45, 7) is 10.3. The zero-order valence-electron chi connectivity index (χ0n) is 21.4. The van der Waals surface area contributed by atoms with Crippen molar-refractivity contribution in [3.63, 3.8) is 0 Å². The number of benzene rings is 2. The van der Waals surface area contributed by atoms with Crippen LogP contribution < -0.4 is 0 Å². The van der Waals surface area contributed by atoms with Crippen molar-refractivity contribution in [1.82, 2.24) is 24.5 Å². The lowest BCUT2D eigenvalue weighted by molar-refractivity contribution is 0.00694. The van der Waals surface area contributed by atoms with E-state index in [1.54, 1.807) is 10.9 Å². The van der Waals surface area contributed by atoms with Crippen molar-refractivity contribution >= 4 is 28.5 Å². The smallest absolute Gasteiger partial charge is 0.341 e. The molecule has 0 fully saturated rings. The molecule has 0 N–H and O–H groups in total. The molecule has 2 aromatic carbocycles. The molecule has 37 heavy (non-hydrogen) atoms. The van der Waals surface area contributed by atoms with Crippen LogP contribution >= 0.6 is 11.6 Å². The number of esters is 1. The molecule has 3 heterocycles. The molecule has 0 unspecified atom stereocenters. The summed E-state index contributed by atoms with van der Waals surface area (Å²) in [5, 5.41) is 10.1. The van der Waals surface area contributed by atoms with Crippen LogP contribution in [0.4, 0.5) is 0 Å². The molecular weight excluding hydrogens is 490 g/mol. The van der Waals surface area contributed by atoms with E-state index in [4.69, 9.17) is 20.9 Å². The van der Waals surface area contributed by atoms with Crippen molar-refractivity contribution in [2.24, 2.45) is 0 Å². The summed E-state index contributed by atoms with van der Waals surface area (Å²) in [7, 11) is 0. The molecule has 0 atom stereocenters. The molecule has 5 rings (SSSR count). The van der Waals surface area contributed by atoms with E-state index in [1.165, 1.54) is 6.20 Å². The highest BCUT2D eigenvalue weighted by molar-refractivity contribution is 6.35. The molecule has 190 valence electrons. The first kappa shape index (κ1) is 24.8. The molecule has 0 saturated heterocycles. The number of nitrogens with zero attached hydrogens (tertiary/aromatic N) is 5. The van der Waals surface area contributed by atoms with Gasteiger partial charge in [0.05, 0.1) is 23.3 Å². The first-order valence-corrected chi connectivity index (χ1v) is 12.4. The van der Waals surface area contributed by atoms with Crippen LogP contribution in [0.2, 0.25) is 5.02 Å². The quantitative estimate of drug-likeness (QED) is 0.230. The number of hydrogen-bond acceptors (Lipinski definition) is 6. The highest BCUT2D eigenvalue weighted by Gasteiger charge is 2.19. The van der Waals surface area contributed by atoms with Gasteiger partial charge in [0.1, 0.15) is 5.60 Å². The lowest BCUT2D eigenvalue weighted by Gasteiger charge is -2.18. The van der Waals surface area contributed by atoms with Gasteiger partial charge in [-0.3, -0.25) is 4.68 Å². The van der Waals surface area contributed by atoms with Crippen molar-refractivity contribution in [1.29, 1.82) is 0 Å². The van der Waals surface area contributed by atoms with Crippen molar-refractivity contribution in [3.05, 3.63) is 77.2 Å². The third-order valence-electron chi connectivity index (χ3n) is 5.84. The van der Waals surface area contributed by atoms with E-state index in [2.05, 4.69) is 33.7 Å². The van der Waals surface area contributed by atoms with E-state index in [1.807, 2.05) is 69.4 Å². The van der Waals surface area contributed by atoms with E-state index >= 15 is 0 Å². The zero-order valence-corrected chi connectivity index (χ0v) is 22.2. The lowest BCUT2D eigenvalue weighted by atomic mass is 10.1. The van der Waals surface area contributed by atoms with Crippen LogP contribution in [0.25, 0.3) is 33.7 Å². The fourth-order valence-corrected chi connectivity index (χ4v) is 4.33. The third-order valence-corrected chi connectivity index (χ3v) is 6.14. The summed E-state index contributed by atoms with van der Waals surface area (Å²) < 4.78 is 14.8. The molecule has 0 aliphatic carbocycles. The standard InChI is InChI=1S/C28H28ClN5O3/c1-17(2)34-16-23(29)22-12-20(10-11-24(22)34)26-31-25(32-37-26)19-8-6-18(7-9-19)14-33-15-21(13-30-33)27(35)36-28(3,4)5/h6-13,15-17H,14H2,1-5H3. The highest BCUT2D eigenvalue weighted by atomic mass is 35.5. The molecule has 8 nitrogen and oxygen atoms in total. The van der Waals surface area contributed by atoms with Gasteiger partial charge in [0, 0.05) is 40.5 Å². The van der Waals surface area contributed by atoms with E-state index < -0.39 is 5.60 Å². The Kier molecular flexibility index (Phi) is 6.37. The Morgan fingerprint density at radius 2 is 1.81 bits per heavy atom. The Bertz CT molecular complexity index is 1570. The van der Waals surface area contributed by atoms with E-state index in [9.17, 15) is 4.79 Å². The third kappa shape index (κ3) is 5.29. The van der Waals surface area contributed by atoms with Gasteiger partial charge in [0.25, 0.3) is 5.89 Å². The molecule has 3 aromatic heterocycles. The summed E-state index contributed by atoms with van der Waals surface area (Å²) in [5.74, 6) is 0.542. The SMILES string of the molecule is CC(C)n1cc(Cl)c2cc(-c3nc(-c4ccc(Cn5cc(C(=O)OC(C)(C)C)cn5)cc4)no3)ccc21. The van der Waals surface area contributed by atoms with Crippen molar-refractivity contribution < 1.29 is 14.1 Å². The second-order valence-electron chi connectivity index (χ2n) is 10.3. The van der Waals surface area contributed by atoms with Gasteiger partial charge in [0.15, 0.2) is 0 Å². The van der Waals surface area contributed by atoms with Crippen LogP contribution in [0.15, 0.2) is 65.6 Å². The molecule has 0 spiro atoms. The Morgan fingerprint density at radius 3 is 2.51 bits per heavy atom. The predicted molar refractivity (Wildman–Crippen MR) is 143 cm³/mol. The molecule has 0 radical (unpaired) electrons. The number of hydrogen-bond donors (Lipinski definition) is 0. The average molecular weight is 518 g/mol. The number of rotatable bonds is 6. The monoisotopic (exact) mass is 517 g/mol. The minimum absolute atomic E-state index is 0.305. The van der Waals surface area contributed by atoms with Crippen LogP contribution in [-0.4, -0.2) is 36.1 Å². The summed E-state index contributed by atoms with van der Waals surface area (Å²) >= 11 is 6.48. The molecular formula is C28H28ClN5O3. The number of carbonyl (C=O) groups excluding carboxylic acids is 1. The van der Waals surface area contributed by atoms with E-state index in [-0.39, 0.29) is 5.97 Å². The number of halogens is 1. The zero-order chi connectivity index (χ0) is 26.3. The Balaban J connectivity index is 1.30. The maximum absolute atomic E-state index is 12.2. The largest absolute Gasteiger partial charge is 0.456 e. The molecule has 0 saturated carbocycles. The normalized spacial score (nSPS) is 12.0. The van der Waals surface area contributed by atoms with Crippen LogP contribution in [0, 0.1) is 0 Å². The van der Waals surface area contributed by atoms with Gasteiger partial charge < -0.3 is 13.8 Å². The number of carbonyl (C=O) groups is 1. The number of aromatic nitrogens is 5. The van der Waals surface area contributed by atoms with Gasteiger partial charge in [-0.1, -0.05) is 41.0 Å². The van der Waals surface area contributed by atoms with Gasteiger partial charge in [0.2, 0.25) is 5.82 Å². The number of ether oxygens (including phenoxy) is 1. The summed E-state index contributed by atoms with van der Waals surface area (Å²) in [5.41, 5.74) is 3.59. The van der Waals surface area contributed by atoms with Gasteiger partial charge in [-0.2, -0.15) is 10.1 Å². The van der Waals surface area contributed by atoms with Crippen molar-refractivity contribution in [3.8, 4) is 22.8 Å². The summed E-state index contributed by atoms with van der Waals surface area (Å²) in [6, 6.07) is 14.1. The molecule has 0 aliphatic heterocycles. The second kappa shape index (κ2) is 9.52. The van der Waals surface area contributed by atoms with Crippen molar-refractivity contribution in [2.45, 2.75) is 52.8 Å². The van der Waals surface area contributed by atoms with Crippen LogP contribution in [0.5, 0.6) is 0 Å². The van der Waals surface area contributed by atoms with Crippen molar-refractivity contribution in [2.75, 3.05) is 0 Å². The second-order valence-corrected chi connectivity index (χ2v) is 10.7. The van der Waals surface area contributed by atoms with Gasteiger partial charge in [-0.05, 0) is 58.4 Å². The van der Waals surface area contributed by atoms with Crippen LogP contribution in [0.1, 0.15) is 56.6 Å². The minimum Gasteiger partial charge on any atom is -0.456 e. The molecule has 0 aliphatic rings. The summed E-state index contributed by atoms with van der Waals surface area (Å²) in [4.78, 5) is 16.8. The lowest BCUT2D eigenvalue weighted by Crippen LogP contribution is -2.23. The molecule has 5 aromatic rings. The average Bonchev–Trinajstić information content (AvgIpc) is 3.58. The molecule has 0 bridgehead atoms. The maximum atomic E-state index is 12.2. The van der Waals surface area contributed by atoms with Gasteiger partial charge >= 0.3 is 5.97 Å². The number of fused-ring (bicyclic) bond motifs is 1. The minimum atomic E-state index is -0.552. The fraction of sp³-hybridized carbons (Fsp3) is 0.286. The van der Waals surface area contributed by atoms with Gasteiger partial charge in [-0.15, -0.1) is 0 Å². The van der Waals surface area contributed by atoms with Crippen LogP contribution in [0.3, 0.4) is 0 Å².